The number of benzene rings is 3. The maximum absolute atomic E-state index is 12.6. The van der Waals surface area contributed by atoms with E-state index in [4.69, 9.17) is 14.2 Å². The fraction of sp³-hybridized carbons (Fsp3) is 0.192. The molecule has 34 heavy (non-hydrogen) atoms. The lowest BCUT2D eigenvalue weighted by molar-refractivity contribution is 0.0955. The molecule has 0 radical (unpaired) electrons. The first-order valence-corrected chi connectivity index (χ1v) is 10.9. The summed E-state index contributed by atoms with van der Waals surface area (Å²) in [5.74, 6) is 2.01. The molecule has 8 nitrogen and oxygen atoms in total. The molecule has 1 heterocycles. The number of aromatic nitrogens is 2. The van der Waals surface area contributed by atoms with Gasteiger partial charge in [0.1, 0.15) is 5.82 Å². The number of hydrogen-bond donors (Lipinski definition) is 2. The summed E-state index contributed by atoms with van der Waals surface area (Å²) in [5, 5.41) is 4.09. The molecule has 3 aromatic carbocycles. The van der Waals surface area contributed by atoms with E-state index in [2.05, 4.69) is 20.5 Å². The van der Waals surface area contributed by atoms with Crippen molar-refractivity contribution in [2.45, 2.75) is 13.3 Å². The molecule has 1 aromatic heterocycles. The Morgan fingerprint density at radius 3 is 2.47 bits per heavy atom. The summed E-state index contributed by atoms with van der Waals surface area (Å²) in [6, 6.07) is 18.6. The lowest BCUT2D eigenvalue weighted by Crippen LogP contribution is -2.17. The summed E-state index contributed by atoms with van der Waals surface area (Å²) < 4.78 is 16.6. The molecule has 0 spiro atoms. The second kappa shape index (κ2) is 10.5. The number of rotatable bonds is 9. The van der Waals surface area contributed by atoms with Gasteiger partial charge in [0.05, 0.1) is 38.1 Å². The van der Waals surface area contributed by atoms with Gasteiger partial charge in [0, 0.05) is 16.7 Å². The Bertz CT molecular complexity index is 1290. The van der Waals surface area contributed by atoms with Crippen LogP contribution in [-0.4, -0.2) is 42.9 Å². The van der Waals surface area contributed by atoms with Crippen LogP contribution in [0.25, 0.3) is 22.4 Å². The average Bonchev–Trinajstić information content (AvgIpc) is 3.31. The van der Waals surface area contributed by atoms with Gasteiger partial charge in [0.15, 0.2) is 11.5 Å². The monoisotopic (exact) mass is 458 g/mol. The number of methoxy groups -OCH3 is 2. The highest BCUT2D eigenvalue weighted by Gasteiger charge is 2.14. The third-order valence-electron chi connectivity index (χ3n) is 5.10. The first-order valence-electron chi connectivity index (χ1n) is 10.9. The Hall–Kier alpha value is -4.33. The topological polar surface area (TPSA) is 97.8 Å². The average molecular weight is 459 g/mol. The van der Waals surface area contributed by atoms with Crippen molar-refractivity contribution in [2.75, 3.05) is 20.8 Å². The highest BCUT2D eigenvalue weighted by atomic mass is 16.5. The van der Waals surface area contributed by atoms with Crippen LogP contribution in [0.3, 0.4) is 0 Å². The van der Waals surface area contributed by atoms with Crippen molar-refractivity contribution in [2.24, 2.45) is 5.10 Å². The summed E-state index contributed by atoms with van der Waals surface area (Å²) in [5.41, 5.74) is 6.24. The first kappa shape index (κ1) is 22.8. The van der Waals surface area contributed by atoms with Crippen LogP contribution in [0.5, 0.6) is 17.2 Å². The number of amides is 1. The lowest BCUT2D eigenvalue weighted by Gasteiger charge is -2.14. The Morgan fingerprint density at radius 2 is 1.79 bits per heavy atom. The van der Waals surface area contributed by atoms with Crippen molar-refractivity contribution in [1.82, 2.24) is 15.4 Å². The van der Waals surface area contributed by atoms with Crippen LogP contribution in [-0.2, 0) is 0 Å². The number of carbonyl (C=O) groups excluding carboxylic acids is 1. The number of carbonyl (C=O) groups is 1. The number of hydrazone groups is 1. The summed E-state index contributed by atoms with van der Waals surface area (Å²) in [4.78, 5) is 20.5. The minimum atomic E-state index is -0.337. The molecule has 0 unspecified atom stereocenters. The van der Waals surface area contributed by atoms with E-state index in [9.17, 15) is 4.79 Å². The molecule has 0 aliphatic heterocycles. The van der Waals surface area contributed by atoms with Crippen LogP contribution in [0.15, 0.2) is 65.8 Å². The number of hydrogen-bond acceptors (Lipinski definition) is 6. The van der Waals surface area contributed by atoms with Crippen molar-refractivity contribution in [3.63, 3.8) is 0 Å². The number of imidazole rings is 1. The van der Waals surface area contributed by atoms with E-state index in [0.717, 1.165) is 28.8 Å². The molecule has 2 N–H and O–H groups in total. The third kappa shape index (κ3) is 5.01. The fourth-order valence-corrected chi connectivity index (χ4v) is 3.43. The molecule has 4 rings (SSSR count). The van der Waals surface area contributed by atoms with Gasteiger partial charge >= 0.3 is 0 Å². The van der Waals surface area contributed by atoms with E-state index in [1.165, 1.54) is 6.21 Å². The zero-order chi connectivity index (χ0) is 23.9. The third-order valence-corrected chi connectivity index (χ3v) is 5.10. The highest BCUT2D eigenvalue weighted by Crippen LogP contribution is 2.38. The van der Waals surface area contributed by atoms with Crippen molar-refractivity contribution >= 4 is 23.2 Å². The number of ether oxygens (including phenoxy) is 3. The summed E-state index contributed by atoms with van der Waals surface area (Å²) >= 11 is 0. The van der Waals surface area contributed by atoms with Gasteiger partial charge in [0.2, 0.25) is 5.75 Å². The van der Waals surface area contributed by atoms with Crippen LogP contribution < -0.4 is 19.6 Å². The van der Waals surface area contributed by atoms with E-state index >= 15 is 0 Å². The van der Waals surface area contributed by atoms with Gasteiger partial charge in [-0.05, 0) is 36.8 Å². The Kier molecular flexibility index (Phi) is 7.07. The zero-order valence-electron chi connectivity index (χ0n) is 19.3. The molecule has 0 saturated heterocycles. The van der Waals surface area contributed by atoms with Crippen LogP contribution in [0.2, 0.25) is 0 Å². The van der Waals surface area contributed by atoms with Gasteiger partial charge < -0.3 is 19.2 Å². The predicted octanol–water partition coefficient (Wildman–Crippen LogP) is 4.80. The molecule has 174 valence electrons. The van der Waals surface area contributed by atoms with E-state index < -0.39 is 0 Å². The van der Waals surface area contributed by atoms with Crippen molar-refractivity contribution in [3.05, 3.63) is 71.8 Å². The Labute approximate surface area is 197 Å². The van der Waals surface area contributed by atoms with Gasteiger partial charge in [-0.3, -0.25) is 4.79 Å². The maximum Gasteiger partial charge on any atom is 0.271 e. The van der Waals surface area contributed by atoms with Gasteiger partial charge in [0.25, 0.3) is 5.91 Å². The summed E-state index contributed by atoms with van der Waals surface area (Å²) in [7, 11) is 3.12. The number of nitrogens with one attached hydrogen (secondary N) is 2. The molecule has 1 amide bonds. The van der Waals surface area contributed by atoms with E-state index in [1.807, 2.05) is 43.3 Å². The molecule has 0 saturated carbocycles. The first-order chi connectivity index (χ1) is 16.6. The largest absolute Gasteiger partial charge is 0.493 e. The molecule has 0 aliphatic carbocycles. The molecule has 0 atom stereocenters. The Balaban J connectivity index is 1.49. The molecule has 0 fully saturated rings. The van der Waals surface area contributed by atoms with Crippen LogP contribution in [0, 0.1) is 0 Å². The van der Waals surface area contributed by atoms with Crippen LogP contribution in [0.1, 0.15) is 29.3 Å². The minimum Gasteiger partial charge on any atom is -0.493 e. The van der Waals surface area contributed by atoms with E-state index in [1.54, 1.807) is 38.5 Å². The normalized spacial score (nSPS) is 11.0. The van der Waals surface area contributed by atoms with Gasteiger partial charge in [-0.25, -0.2) is 10.4 Å². The number of H-pyrrole nitrogens is 1. The molecular formula is C26H26N4O4. The quantitative estimate of drug-likeness (QED) is 0.277. The molecule has 8 heteroatoms. The second-order valence-corrected chi connectivity index (χ2v) is 7.49. The SMILES string of the molecule is CCCOc1c(OC)cc(/C=N/NC(=O)c2ccc3nc(-c4ccccc4)[nH]c3c2)cc1OC. The summed E-state index contributed by atoms with van der Waals surface area (Å²) in [6.45, 7) is 2.57. The van der Waals surface area contributed by atoms with Crippen LogP contribution in [0.4, 0.5) is 0 Å². The molecule has 0 aliphatic rings. The van der Waals surface area contributed by atoms with Gasteiger partial charge in [-0.1, -0.05) is 37.3 Å². The van der Waals surface area contributed by atoms with Crippen LogP contribution >= 0.6 is 0 Å². The number of nitrogens with zero attached hydrogens (tertiary/aromatic N) is 2. The van der Waals surface area contributed by atoms with Crippen molar-refractivity contribution in [3.8, 4) is 28.6 Å². The molecule has 0 bridgehead atoms. The number of fused-ring (bicyclic) bond motifs is 1. The Morgan fingerprint density at radius 1 is 1.06 bits per heavy atom. The van der Waals surface area contributed by atoms with E-state index in [0.29, 0.717) is 35.0 Å². The fourth-order valence-electron chi connectivity index (χ4n) is 3.43. The molecular weight excluding hydrogens is 432 g/mol. The maximum atomic E-state index is 12.6. The zero-order valence-corrected chi connectivity index (χ0v) is 19.3. The lowest BCUT2D eigenvalue weighted by atomic mass is 10.2. The molecule has 4 aromatic rings. The summed E-state index contributed by atoms with van der Waals surface area (Å²) in [6.07, 6.45) is 2.38. The second-order valence-electron chi connectivity index (χ2n) is 7.49. The highest BCUT2D eigenvalue weighted by molar-refractivity contribution is 5.98. The predicted molar refractivity (Wildman–Crippen MR) is 132 cm³/mol. The van der Waals surface area contributed by atoms with Crippen molar-refractivity contribution < 1.29 is 19.0 Å². The minimum absolute atomic E-state index is 0.337. The van der Waals surface area contributed by atoms with Gasteiger partial charge in [-0.2, -0.15) is 5.10 Å². The van der Waals surface area contributed by atoms with Crippen molar-refractivity contribution in [1.29, 1.82) is 0 Å². The van der Waals surface area contributed by atoms with Gasteiger partial charge in [-0.15, -0.1) is 0 Å². The van der Waals surface area contributed by atoms with E-state index in [-0.39, 0.29) is 5.91 Å². The number of aromatic amines is 1. The smallest absolute Gasteiger partial charge is 0.271 e. The standard InChI is InChI=1S/C26H26N4O4/c1-4-12-34-24-22(32-2)13-17(14-23(24)33-3)16-27-30-26(31)19-10-11-20-21(15-19)29-25(28-20)18-8-6-5-7-9-18/h5-11,13-16H,4,12H2,1-3H3,(H,28,29)(H,30,31)/b27-16+.